The van der Waals surface area contributed by atoms with Crippen molar-refractivity contribution in [3.8, 4) is 24.3 Å². The van der Waals surface area contributed by atoms with Crippen LogP contribution in [0, 0.1) is 59.6 Å². The van der Waals surface area contributed by atoms with E-state index < -0.39 is 146 Å². The lowest BCUT2D eigenvalue weighted by atomic mass is 9.92. The van der Waals surface area contributed by atoms with Crippen molar-refractivity contribution in [2.24, 2.45) is 0 Å². The summed E-state index contributed by atoms with van der Waals surface area (Å²) in [6.45, 7) is 1.24. The molecule has 0 aromatic heterocycles. The van der Waals surface area contributed by atoms with E-state index in [2.05, 4.69) is 122 Å². The summed E-state index contributed by atoms with van der Waals surface area (Å²) < 4.78 is 147. The molecule has 8 aromatic carbocycles. The summed E-state index contributed by atoms with van der Waals surface area (Å²) in [5.74, 6) is -7.78. The van der Waals surface area contributed by atoms with Crippen LogP contribution in [0.4, 0.5) is 0 Å². The number of nitriles is 4. The number of halogens is 4. The van der Waals surface area contributed by atoms with Gasteiger partial charge in [0.05, 0.1) is 52.9 Å². The Bertz CT molecular complexity index is 4990. The number of benzene rings is 8. The number of aliphatic hydroxyl groups excluding tert-OH is 1. The van der Waals surface area contributed by atoms with E-state index in [4.69, 9.17) is 94.7 Å². The molecule has 0 spiro atoms. The SMILES string of the molecule is CCCCCCO[C@@H]1O[C@@H]2COC(C#N)(Cc3ccccc3I)O[C@H]2[C@H](O[C@@H]2O[C@@H]3COC(C#N)(Cc4ccccc4I)O[C@H]3[C@H](O[C@@H]3O[C@@H]4COC(C#N)(Cc5ccccc5I)O[C@H]4[C@H](O[C@@H]4O[C@@H]5COC(C#N)(Cc6ccccc6I)O[C@H]5[C@H](O)[C@@H]4OCc4ccccc4)[C@@H]3OCc3ccccc3)[C@@H]2OCc2ccccc2)[C@@H]1OCc1ccccc1. The first-order valence-electron chi connectivity index (χ1n) is 41.4. The molecule has 644 valence electrons. The van der Waals surface area contributed by atoms with Crippen LogP contribution < -0.4 is 0 Å². The zero-order valence-electron chi connectivity index (χ0n) is 67.3. The molecule has 8 heterocycles. The molecule has 25 nitrogen and oxygen atoms in total. The molecule has 8 saturated heterocycles. The first-order valence-corrected chi connectivity index (χ1v) is 45.7. The zero-order chi connectivity index (χ0) is 84.9. The van der Waals surface area contributed by atoms with Gasteiger partial charge in [-0.15, -0.1) is 0 Å². The molecule has 8 aliphatic heterocycles. The lowest BCUT2D eigenvalue weighted by Crippen LogP contribution is -2.72. The van der Waals surface area contributed by atoms with Crippen molar-refractivity contribution in [2.45, 2.75) is 231 Å². The topological polar surface area (TPSA) is 300 Å². The Kier molecular flexibility index (Phi) is 30.7. The molecule has 8 fully saturated rings. The van der Waals surface area contributed by atoms with Crippen molar-refractivity contribution in [1.82, 2.24) is 0 Å². The summed E-state index contributed by atoms with van der Waals surface area (Å²) >= 11 is 8.92. The van der Waals surface area contributed by atoms with Crippen molar-refractivity contribution in [3.63, 3.8) is 0 Å². The molecule has 0 bridgehead atoms. The Balaban J connectivity index is 0.835. The molecular weight excluding hydrogens is 2030 g/mol. The third-order valence-corrected chi connectivity index (χ3v) is 27.3. The predicted octanol–water partition coefficient (Wildman–Crippen LogP) is 14.3. The molecule has 0 aliphatic carbocycles. The molecule has 16 rings (SSSR count). The van der Waals surface area contributed by atoms with E-state index in [1.54, 1.807) is 0 Å². The fourth-order valence-electron chi connectivity index (χ4n) is 16.7. The summed E-state index contributed by atoms with van der Waals surface area (Å²) in [6.07, 6.45) is -23.0. The van der Waals surface area contributed by atoms with Gasteiger partial charge in [0, 0.05) is 46.6 Å². The van der Waals surface area contributed by atoms with Crippen molar-refractivity contribution >= 4 is 90.4 Å². The van der Waals surface area contributed by atoms with E-state index >= 15 is 0 Å². The van der Waals surface area contributed by atoms with Crippen LogP contribution >= 0.6 is 90.4 Å². The third kappa shape index (κ3) is 21.4. The maximum atomic E-state index is 13.3. The minimum Gasteiger partial charge on any atom is -0.387 e. The lowest BCUT2D eigenvalue weighted by molar-refractivity contribution is -0.443. The van der Waals surface area contributed by atoms with Gasteiger partial charge in [0.2, 0.25) is 0 Å². The second kappa shape index (κ2) is 41.9. The van der Waals surface area contributed by atoms with Crippen molar-refractivity contribution in [2.75, 3.05) is 33.0 Å². The van der Waals surface area contributed by atoms with Crippen LogP contribution in [0.2, 0.25) is 0 Å². The maximum Gasteiger partial charge on any atom is 0.264 e. The van der Waals surface area contributed by atoms with E-state index in [0.717, 1.165) is 78.1 Å². The summed E-state index contributed by atoms with van der Waals surface area (Å²) in [5, 5.41) is 59.3. The molecule has 0 amide bonds. The zero-order valence-corrected chi connectivity index (χ0v) is 75.9. The van der Waals surface area contributed by atoms with Gasteiger partial charge < -0.3 is 99.8 Å². The van der Waals surface area contributed by atoms with E-state index in [9.17, 15) is 26.2 Å². The minimum absolute atomic E-state index is 0.0151. The van der Waals surface area contributed by atoms with Crippen LogP contribution in [-0.2, 0) is 147 Å². The monoisotopic (exact) mass is 2120 g/mol. The highest BCUT2D eigenvalue weighted by atomic mass is 127. The molecule has 29 heteroatoms. The van der Waals surface area contributed by atoms with E-state index in [-0.39, 0.29) is 85.1 Å². The largest absolute Gasteiger partial charge is 0.387 e. The van der Waals surface area contributed by atoms with Gasteiger partial charge in [-0.05, 0) is 166 Å². The highest BCUT2D eigenvalue weighted by Crippen LogP contribution is 2.47. The molecule has 8 aromatic rings. The van der Waals surface area contributed by atoms with E-state index in [0.29, 0.717) is 6.42 Å². The second-order valence-electron chi connectivity index (χ2n) is 31.5. The molecular formula is C94H94I4N4O21. The summed E-state index contributed by atoms with van der Waals surface area (Å²) in [7, 11) is 0. The number of ether oxygens (including phenoxy) is 20. The van der Waals surface area contributed by atoms with Gasteiger partial charge in [-0.25, -0.2) is 0 Å². The smallest absolute Gasteiger partial charge is 0.264 e. The molecule has 0 saturated carbocycles. The molecule has 123 heavy (non-hydrogen) atoms. The lowest BCUT2D eigenvalue weighted by Gasteiger charge is -2.56. The number of hydrogen-bond acceptors (Lipinski definition) is 25. The number of nitrogens with zero attached hydrogens (tertiary/aromatic N) is 4. The van der Waals surface area contributed by atoms with Crippen LogP contribution in [0.25, 0.3) is 0 Å². The maximum absolute atomic E-state index is 13.3. The Labute approximate surface area is 769 Å². The molecule has 24 atom stereocenters. The van der Waals surface area contributed by atoms with Crippen LogP contribution in [0.3, 0.4) is 0 Å². The molecule has 1 N–H and O–H groups in total. The highest BCUT2D eigenvalue weighted by molar-refractivity contribution is 14.1. The van der Waals surface area contributed by atoms with Gasteiger partial charge in [0.1, 0.15) is 122 Å². The predicted molar refractivity (Wildman–Crippen MR) is 474 cm³/mol. The quantitative estimate of drug-likeness (QED) is 0.0302. The second-order valence-corrected chi connectivity index (χ2v) is 36.2. The third-order valence-electron chi connectivity index (χ3n) is 23.1. The van der Waals surface area contributed by atoms with Gasteiger partial charge >= 0.3 is 0 Å². The normalized spacial score (nSPS) is 33.4. The van der Waals surface area contributed by atoms with Crippen LogP contribution in [0.15, 0.2) is 218 Å². The molecule has 4 unspecified atom stereocenters. The number of rotatable bonds is 32. The number of fused-ring (bicyclic) bond motifs is 4. The highest BCUT2D eigenvalue weighted by Gasteiger charge is 2.65. The Morgan fingerprint density at radius 3 is 0.902 bits per heavy atom. The van der Waals surface area contributed by atoms with Gasteiger partial charge in [-0.1, -0.05) is 220 Å². The van der Waals surface area contributed by atoms with Crippen LogP contribution in [-0.4, -0.2) is 184 Å². The van der Waals surface area contributed by atoms with Gasteiger partial charge in [-0.2, -0.15) is 21.0 Å². The van der Waals surface area contributed by atoms with Crippen LogP contribution in [0.5, 0.6) is 0 Å². The van der Waals surface area contributed by atoms with Gasteiger partial charge in [0.15, 0.2) is 25.2 Å². The van der Waals surface area contributed by atoms with Gasteiger partial charge in [0.25, 0.3) is 23.1 Å². The van der Waals surface area contributed by atoms with E-state index in [1.165, 1.54) is 0 Å². The Morgan fingerprint density at radius 2 is 0.593 bits per heavy atom. The first kappa shape index (κ1) is 90.2. The molecule has 0 radical (unpaired) electrons. The number of hydrogen-bond donors (Lipinski definition) is 1. The Hall–Kier alpha value is -6.20. The fraction of sp³-hybridized carbons (Fsp3) is 0.447. The summed E-state index contributed by atoms with van der Waals surface area (Å²) in [4.78, 5) is 0. The summed E-state index contributed by atoms with van der Waals surface area (Å²) in [6, 6.07) is 78.1. The summed E-state index contributed by atoms with van der Waals surface area (Å²) in [5.41, 5.74) is 6.12. The number of unbranched alkanes of at least 4 members (excludes halogenated alkanes) is 3. The van der Waals surface area contributed by atoms with Crippen LogP contribution in [0.1, 0.15) is 77.1 Å². The number of aliphatic hydroxyl groups is 1. The van der Waals surface area contributed by atoms with Crippen molar-refractivity contribution in [3.05, 3.63) is 277 Å². The van der Waals surface area contributed by atoms with Crippen molar-refractivity contribution in [1.29, 1.82) is 21.0 Å². The minimum atomic E-state index is -2.01. The van der Waals surface area contributed by atoms with Crippen molar-refractivity contribution < 1.29 is 99.8 Å². The van der Waals surface area contributed by atoms with Gasteiger partial charge in [-0.3, -0.25) is 0 Å². The van der Waals surface area contributed by atoms with E-state index in [1.807, 2.05) is 218 Å². The average Bonchev–Trinajstić information content (AvgIpc) is 0.732. The fourth-order valence-corrected chi connectivity index (χ4v) is 19.1. The standard InChI is InChI=1S/C94H94I4N4O21/c1-2-3-4-25-42-104-87-84(106-48-60-28-11-6-12-29-60)81(77-72(113-87)52-110-92(56-100,121-77)44-64-35-18-22-39-68(64)96)118-89-86(108-50-62-32-15-8-16-33-62)83(79-74(115-89)54-112-94(58-102,123-79)46-66-37-20-24-41-70(66)98)119-90-85(107-49-61-30-13-7-14-31-61)82(78-73(116-90)53-111-93(57-101,122-78)45-65-36-19-23-40-69(65)97)117-88-80(105-47-59-26-9-5-10-27-59)75(103)76-71(114-88)51-109-91(55-99,120-76)43-63-34-17-21-38-67(63)95/h5-24,26-41,71-90,103H,2-4,25,42-54H2,1H3/t71-,72-,73-,74-,75+,76-,77-,78-,79-,80+,81+,82+,83+,84+,85+,86+,87-,88+,89+,90+,91?,92?,93?,94?/m1/s1. The average molecular weight is 2120 g/mol. The molecule has 8 aliphatic rings. The Morgan fingerprint density at radius 1 is 0.325 bits per heavy atom. The first-order chi connectivity index (χ1) is 60.1.